The lowest BCUT2D eigenvalue weighted by atomic mass is 10.0. The predicted molar refractivity (Wildman–Crippen MR) is 114 cm³/mol. The Bertz CT molecular complexity index is 925. The maximum Gasteiger partial charge on any atom is 0.305 e. The molecule has 0 aliphatic carbocycles. The maximum absolute atomic E-state index is 12.5. The lowest BCUT2D eigenvalue weighted by Gasteiger charge is -2.11. The van der Waals surface area contributed by atoms with Gasteiger partial charge in [0.25, 0.3) is 0 Å². The van der Waals surface area contributed by atoms with Crippen molar-refractivity contribution in [1.29, 1.82) is 0 Å². The standard InChI is InChI=1S/C22H29NO6S/c1-4-29-22(24)7-5-6-17-8-10-18(11-9-17)14-15-23-30(25,26)19-12-13-20(27-2)21(16-19)28-3/h8-13,16,23H,4-7,14-15H2,1-3H3. The van der Waals surface area contributed by atoms with Crippen LogP contribution >= 0.6 is 0 Å². The van der Waals surface area contributed by atoms with E-state index in [1.165, 1.54) is 26.4 Å². The minimum Gasteiger partial charge on any atom is -0.493 e. The molecule has 0 bridgehead atoms. The van der Waals surface area contributed by atoms with E-state index in [2.05, 4.69) is 4.72 Å². The molecular weight excluding hydrogens is 406 g/mol. The summed E-state index contributed by atoms with van der Waals surface area (Å²) in [5.74, 6) is 0.661. The van der Waals surface area contributed by atoms with Crippen molar-refractivity contribution in [3.63, 3.8) is 0 Å². The average molecular weight is 436 g/mol. The van der Waals surface area contributed by atoms with Crippen LogP contribution in [0.15, 0.2) is 47.4 Å². The number of carbonyl (C=O) groups is 1. The molecule has 1 N–H and O–H groups in total. The molecule has 0 saturated heterocycles. The number of aryl methyl sites for hydroxylation is 1. The number of ether oxygens (including phenoxy) is 3. The first-order valence-corrected chi connectivity index (χ1v) is 11.3. The Morgan fingerprint density at radius 3 is 2.17 bits per heavy atom. The molecule has 0 unspecified atom stereocenters. The normalized spacial score (nSPS) is 11.2. The molecule has 7 nitrogen and oxygen atoms in total. The first kappa shape index (κ1) is 23.7. The molecule has 0 aliphatic rings. The Hall–Kier alpha value is -2.58. The largest absolute Gasteiger partial charge is 0.493 e. The van der Waals surface area contributed by atoms with Gasteiger partial charge >= 0.3 is 5.97 Å². The van der Waals surface area contributed by atoms with Gasteiger partial charge in [-0.05, 0) is 49.4 Å². The van der Waals surface area contributed by atoms with Crippen molar-refractivity contribution >= 4 is 16.0 Å². The van der Waals surface area contributed by atoms with Crippen molar-refractivity contribution in [3.05, 3.63) is 53.6 Å². The fraction of sp³-hybridized carbons (Fsp3) is 0.409. The van der Waals surface area contributed by atoms with E-state index in [0.717, 1.165) is 24.0 Å². The molecule has 2 aromatic rings. The summed E-state index contributed by atoms with van der Waals surface area (Å²) in [6.07, 6.45) is 2.51. The van der Waals surface area contributed by atoms with Crippen molar-refractivity contribution < 1.29 is 27.4 Å². The summed E-state index contributed by atoms with van der Waals surface area (Å²) >= 11 is 0. The van der Waals surface area contributed by atoms with E-state index in [0.29, 0.717) is 30.9 Å². The number of hydrogen-bond acceptors (Lipinski definition) is 6. The number of sulfonamides is 1. The molecule has 0 atom stereocenters. The first-order chi connectivity index (χ1) is 14.4. The molecule has 2 rings (SSSR count). The van der Waals surface area contributed by atoms with Crippen LogP contribution in [-0.2, 0) is 32.4 Å². The molecule has 0 radical (unpaired) electrons. The van der Waals surface area contributed by atoms with Crippen molar-refractivity contribution in [2.24, 2.45) is 0 Å². The highest BCUT2D eigenvalue weighted by atomic mass is 32.2. The second-order valence-corrected chi connectivity index (χ2v) is 8.41. The quantitative estimate of drug-likeness (QED) is 0.515. The van der Waals surface area contributed by atoms with Crippen LogP contribution in [0.5, 0.6) is 11.5 Å². The Labute approximate surface area is 178 Å². The second kappa shape index (κ2) is 11.6. The molecule has 0 fully saturated rings. The van der Waals surface area contributed by atoms with Crippen molar-refractivity contribution in [3.8, 4) is 11.5 Å². The molecule has 8 heteroatoms. The lowest BCUT2D eigenvalue weighted by molar-refractivity contribution is -0.143. The summed E-state index contributed by atoms with van der Waals surface area (Å²) in [5.41, 5.74) is 2.16. The highest BCUT2D eigenvalue weighted by Gasteiger charge is 2.16. The Balaban J connectivity index is 1.85. The number of rotatable bonds is 12. The van der Waals surface area contributed by atoms with Gasteiger partial charge in [0.05, 0.1) is 25.7 Å². The third-order valence-electron chi connectivity index (χ3n) is 4.55. The van der Waals surface area contributed by atoms with Gasteiger partial charge in [-0.3, -0.25) is 4.79 Å². The van der Waals surface area contributed by atoms with Crippen LogP contribution in [0, 0.1) is 0 Å². The fourth-order valence-corrected chi connectivity index (χ4v) is 3.99. The van der Waals surface area contributed by atoms with Gasteiger partial charge in [0.1, 0.15) is 0 Å². The van der Waals surface area contributed by atoms with Crippen LogP contribution in [0.1, 0.15) is 30.9 Å². The lowest BCUT2D eigenvalue weighted by Crippen LogP contribution is -2.26. The van der Waals surface area contributed by atoms with E-state index in [1.807, 2.05) is 24.3 Å². The van der Waals surface area contributed by atoms with Crippen molar-refractivity contribution in [2.75, 3.05) is 27.4 Å². The van der Waals surface area contributed by atoms with Gasteiger partial charge in [-0.1, -0.05) is 24.3 Å². The van der Waals surface area contributed by atoms with Crippen LogP contribution in [0.25, 0.3) is 0 Å². The average Bonchev–Trinajstić information content (AvgIpc) is 2.74. The zero-order chi connectivity index (χ0) is 22.0. The van der Waals surface area contributed by atoms with Crippen LogP contribution in [0.2, 0.25) is 0 Å². The van der Waals surface area contributed by atoms with Gasteiger partial charge in [0, 0.05) is 19.0 Å². The van der Waals surface area contributed by atoms with Crippen LogP contribution < -0.4 is 14.2 Å². The minimum absolute atomic E-state index is 0.122. The van der Waals surface area contributed by atoms with Gasteiger partial charge in [-0.25, -0.2) is 13.1 Å². The second-order valence-electron chi connectivity index (χ2n) is 6.64. The molecule has 0 spiro atoms. The van der Waals surface area contributed by atoms with E-state index in [-0.39, 0.29) is 17.4 Å². The molecule has 0 aromatic heterocycles. The number of carbonyl (C=O) groups excluding carboxylic acids is 1. The molecule has 0 amide bonds. The van der Waals surface area contributed by atoms with Crippen molar-refractivity contribution in [2.45, 2.75) is 37.5 Å². The molecule has 30 heavy (non-hydrogen) atoms. The van der Waals surface area contributed by atoms with Gasteiger partial charge in [0.2, 0.25) is 10.0 Å². The Morgan fingerprint density at radius 1 is 0.933 bits per heavy atom. The molecule has 2 aromatic carbocycles. The molecule has 0 heterocycles. The van der Waals surface area contributed by atoms with Gasteiger partial charge < -0.3 is 14.2 Å². The molecular formula is C22H29NO6S. The van der Waals surface area contributed by atoms with Crippen molar-refractivity contribution in [1.82, 2.24) is 4.72 Å². The smallest absolute Gasteiger partial charge is 0.305 e. The number of nitrogens with one attached hydrogen (secondary N) is 1. The van der Waals surface area contributed by atoms with E-state index < -0.39 is 10.0 Å². The molecule has 0 saturated carbocycles. The SMILES string of the molecule is CCOC(=O)CCCc1ccc(CCNS(=O)(=O)c2ccc(OC)c(OC)c2)cc1. The summed E-state index contributed by atoms with van der Waals surface area (Å²) in [6.45, 7) is 2.48. The maximum atomic E-state index is 12.5. The van der Waals surface area contributed by atoms with E-state index in [9.17, 15) is 13.2 Å². The third-order valence-corrected chi connectivity index (χ3v) is 6.00. The summed E-state index contributed by atoms with van der Waals surface area (Å²) in [7, 11) is -0.694. The van der Waals surface area contributed by atoms with Crippen LogP contribution in [0.3, 0.4) is 0 Å². The van der Waals surface area contributed by atoms with E-state index in [4.69, 9.17) is 14.2 Å². The van der Waals surface area contributed by atoms with Gasteiger partial charge in [-0.15, -0.1) is 0 Å². The van der Waals surface area contributed by atoms with E-state index >= 15 is 0 Å². The summed E-state index contributed by atoms with van der Waals surface area (Å²) < 4.78 is 42.9. The summed E-state index contributed by atoms with van der Waals surface area (Å²) in [4.78, 5) is 11.5. The topological polar surface area (TPSA) is 90.9 Å². The zero-order valence-corrected chi connectivity index (χ0v) is 18.5. The minimum atomic E-state index is -3.65. The fourth-order valence-electron chi connectivity index (χ4n) is 2.94. The van der Waals surface area contributed by atoms with E-state index in [1.54, 1.807) is 13.0 Å². The number of esters is 1. The van der Waals surface area contributed by atoms with Gasteiger partial charge in [0.15, 0.2) is 11.5 Å². The number of benzene rings is 2. The van der Waals surface area contributed by atoms with Crippen LogP contribution in [-0.4, -0.2) is 41.8 Å². The number of methoxy groups -OCH3 is 2. The highest BCUT2D eigenvalue weighted by molar-refractivity contribution is 7.89. The summed E-state index contributed by atoms with van der Waals surface area (Å²) in [5, 5.41) is 0. The molecule has 0 aliphatic heterocycles. The Kier molecular flexibility index (Phi) is 9.14. The van der Waals surface area contributed by atoms with Crippen LogP contribution in [0.4, 0.5) is 0 Å². The Morgan fingerprint density at radius 2 is 1.57 bits per heavy atom. The zero-order valence-electron chi connectivity index (χ0n) is 17.6. The molecule has 164 valence electrons. The predicted octanol–water partition coefficient (Wildman–Crippen LogP) is 3.11. The highest BCUT2D eigenvalue weighted by Crippen LogP contribution is 2.29. The third kappa shape index (κ3) is 7.03. The number of hydrogen-bond donors (Lipinski definition) is 1. The monoisotopic (exact) mass is 435 g/mol. The van der Waals surface area contributed by atoms with Gasteiger partial charge in [-0.2, -0.15) is 0 Å². The summed E-state index contributed by atoms with van der Waals surface area (Å²) in [6, 6.07) is 12.4. The first-order valence-electron chi connectivity index (χ1n) is 9.84.